The number of rotatable bonds is 6. The Morgan fingerprint density at radius 1 is 1.50 bits per heavy atom. The van der Waals surface area contributed by atoms with E-state index in [2.05, 4.69) is 15.4 Å². The zero-order valence-corrected chi connectivity index (χ0v) is 10.8. The molecule has 0 atom stereocenters. The molecule has 0 radical (unpaired) electrons. The molecule has 0 aliphatic heterocycles. The van der Waals surface area contributed by atoms with Crippen molar-refractivity contribution in [3.05, 3.63) is 16.4 Å². The molecule has 0 spiro atoms. The molecule has 8 heteroatoms. The molecule has 0 unspecified atom stereocenters. The van der Waals surface area contributed by atoms with Crippen LogP contribution in [0.2, 0.25) is 0 Å². The van der Waals surface area contributed by atoms with Crippen LogP contribution in [-0.4, -0.2) is 28.0 Å². The molecule has 1 aromatic heterocycles. The summed E-state index contributed by atoms with van der Waals surface area (Å²) in [6.45, 7) is 4.06. The van der Waals surface area contributed by atoms with Crippen LogP contribution < -0.4 is 16.2 Å². The largest absolute Gasteiger partial charge is 0.354 e. The molecule has 0 aromatic carbocycles. The van der Waals surface area contributed by atoms with Gasteiger partial charge in [-0.3, -0.25) is 10.1 Å². The second kappa shape index (κ2) is 6.10. The van der Waals surface area contributed by atoms with Crippen LogP contribution in [0.3, 0.4) is 0 Å². The monoisotopic (exact) mass is 254 g/mol. The predicted octanol–water partition coefficient (Wildman–Crippen LogP) is 1.30. The van der Waals surface area contributed by atoms with E-state index in [4.69, 9.17) is 5.84 Å². The van der Waals surface area contributed by atoms with Crippen molar-refractivity contribution in [2.75, 3.05) is 17.4 Å². The zero-order valence-electron chi connectivity index (χ0n) is 10.8. The summed E-state index contributed by atoms with van der Waals surface area (Å²) >= 11 is 0. The van der Waals surface area contributed by atoms with E-state index < -0.39 is 4.92 Å². The van der Waals surface area contributed by atoms with Gasteiger partial charge in [0.1, 0.15) is 6.33 Å². The average Bonchev–Trinajstić information content (AvgIpc) is 2.38. The molecule has 0 aliphatic rings. The van der Waals surface area contributed by atoms with E-state index >= 15 is 0 Å². The fraction of sp³-hybridized carbons (Fsp3) is 0.600. The van der Waals surface area contributed by atoms with Gasteiger partial charge in [0.25, 0.3) is 0 Å². The number of nitrogen functional groups attached to an aromatic ring is 1. The van der Waals surface area contributed by atoms with Gasteiger partial charge in [0.05, 0.1) is 4.92 Å². The van der Waals surface area contributed by atoms with E-state index in [-0.39, 0.29) is 23.4 Å². The molecular weight excluding hydrogens is 236 g/mol. The van der Waals surface area contributed by atoms with Crippen LogP contribution in [0, 0.1) is 10.1 Å². The first-order chi connectivity index (χ1) is 8.56. The Morgan fingerprint density at radius 3 is 2.56 bits per heavy atom. The summed E-state index contributed by atoms with van der Waals surface area (Å²) in [5.74, 6) is 5.53. The van der Waals surface area contributed by atoms with E-state index in [0.717, 1.165) is 12.8 Å². The zero-order chi connectivity index (χ0) is 13.7. The standard InChI is InChI=1S/C10H18N6O2/c1-4-7(5-2)15(3)10-8(16(17)18)9(14-11)12-6-13-10/h6-7H,4-5,11H2,1-3H3,(H,12,13,14). The van der Waals surface area contributed by atoms with Gasteiger partial charge in [-0.25, -0.2) is 15.8 Å². The Labute approximate surface area is 105 Å². The fourth-order valence-corrected chi connectivity index (χ4v) is 1.91. The van der Waals surface area contributed by atoms with Crippen LogP contribution in [0.4, 0.5) is 17.3 Å². The third kappa shape index (κ3) is 2.65. The Balaban J connectivity index is 3.26. The maximum atomic E-state index is 11.1. The average molecular weight is 254 g/mol. The quantitative estimate of drug-likeness (QED) is 0.447. The van der Waals surface area contributed by atoms with E-state index in [1.165, 1.54) is 6.33 Å². The number of nitrogens with zero attached hydrogens (tertiary/aromatic N) is 4. The van der Waals surface area contributed by atoms with Crippen molar-refractivity contribution in [3.63, 3.8) is 0 Å². The first-order valence-electron chi connectivity index (χ1n) is 5.75. The molecule has 0 fully saturated rings. The molecule has 8 nitrogen and oxygen atoms in total. The van der Waals surface area contributed by atoms with Crippen LogP contribution in [0.5, 0.6) is 0 Å². The molecule has 18 heavy (non-hydrogen) atoms. The van der Waals surface area contributed by atoms with Crippen molar-refractivity contribution < 1.29 is 4.92 Å². The van der Waals surface area contributed by atoms with Gasteiger partial charge in [-0.05, 0) is 12.8 Å². The summed E-state index contributed by atoms with van der Waals surface area (Å²) in [6, 6.07) is 0.184. The van der Waals surface area contributed by atoms with Crippen molar-refractivity contribution >= 4 is 17.3 Å². The topological polar surface area (TPSA) is 110 Å². The van der Waals surface area contributed by atoms with Crippen LogP contribution in [0.15, 0.2) is 6.33 Å². The van der Waals surface area contributed by atoms with E-state index in [1.54, 1.807) is 11.9 Å². The molecule has 0 aliphatic carbocycles. The first-order valence-corrected chi connectivity index (χ1v) is 5.75. The van der Waals surface area contributed by atoms with Crippen LogP contribution in [0.1, 0.15) is 26.7 Å². The van der Waals surface area contributed by atoms with Gasteiger partial charge >= 0.3 is 5.69 Å². The van der Waals surface area contributed by atoms with E-state index in [1.807, 2.05) is 13.8 Å². The minimum absolute atomic E-state index is 0.0165. The molecule has 0 bridgehead atoms. The van der Waals surface area contributed by atoms with E-state index in [0.29, 0.717) is 0 Å². The van der Waals surface area contributed by atoms with Crippen molar-refractivity contribution in [2.45, 2.75) is 32.7 Å². The maximum Gasteiger partial charge on any atom is 0.354 e. The van der Waals surface area contributed by atoms with Crippen LogP contribution in [-0.2, 0) is 0 Å². The number of aromatic nitrogens is 2. The Kier molecular flexibility index (Phi) is 4.78. The minimum atomic E-state index is -0.524. The molecule has 1 rings (SSSR count). The van der Waals surface area contributed by atoms with Crippen LogP contribution in [0.25, 0.3) is 0 Å². The maximum absolute atomic E-state index is 11.1. The van der Waals surface area contributed by atoms with Gasteiger partial charge in [0, 0.05) is 13.1 Å². The predicted molar refractivity (Wildman–Crippen MR) is 69.3 cm³/mol. The number of nitrogens with two attached hydrogens (primary N) is 1. The highest BCUT2D eigenvalue weighted by atomic mass is 16.6. The van der Waals surface area contributed by atoms with Crippen molar-refractivity contribution in [1.29, 1.82) is 0 Å². The number of hydrogen-bond donors (Lipinski definition) is 2. The number of anilines is 2. The minimum Gasteiger partial charge on any atom is -0.351 e. The van der Waals surface area contributed by atoms with Gasteiger partial charge in [-0.1, -0.05) is 13.8 Å². The third-order valence-corrected chi connectivity index (χ3v) is 2.95. The third-order valence-electron chi connectivity index (χ3n) is 2.95. The first kappa shape index (κ1) is 14.1. The highest BCUT2D eigenvalue weighted by Crippen LogP contribution is 2.32. The smallest absolute Gasteiger partial charge is 0.351 e. The van der Waals surface area contributed by atoms with Gasteiger partial charge in [-0.15, -0.1) is 0 Å². The number of hydrogen-bond acceptors (Lipinski definition) is 7. The number of hydrazine groups is 1. The fourth-order valence-electron chi connectivity index (χ4n) is 1.91. The lowest BCUT2D eigenvalue weighted by molar-refractivity contribution is -0.383. The molecule has 0 saturated carbocycles. The Bertz CT molecular complexity index is 421. The van der Waals surface area contributed by atoms with Crippen molar-refractivity contribution in [1.82, 2.24) is 9.97 Å². The molecule has 0 amide bonds. The molecule has 1 aromatic rings. The van der Waals surface area contributed by atoms with Crippen LogP contribution >= 0.6 is 0 Å². The second-order valence-electron chi connectivity index (χ2n) is 3.88. The summed E-state index contributed by atoms with van der Waals surface area (Å²) in [7, 11) is 1.79. The summed E-state index contributed by atoms with van der Waals surface area (Å²) in [4.78, 5) is 20.1. The molecule has 100 valence electrons. The van der Waals surface area contributed by atoms with Crippen molar-refractivity contribution in [3.8, 4) is 0 Å². The normalized spacial score (nSPS) is 10.5. The molecule has 1 heterocycles. The highest BCUT2D eigenvalue weighted by molar-refractivity contribution is 5.69. The highest BCUT2D eigenvalue weighted by Gasteiger charge is 2.27. The summed E-state index contributed by atoms with van der Waals surface area (Å²) < 4.78 is 0. The van der Waals surface area contributed by atoms with Crippen molar-refractivity contribution in [2.24, 2.45) is 5.84 Å². The lowest BCUT2D eigenvalue weighted by atomic mass is 10.1. The van der Waals surface area contributed by atoms with Gasteiger partial charge in [-0.2, -0.15) is 0 Å². The van der Waals surface area contributed by atoms with Gasteiger partial charge in [0.15, 0.2) is 0 Å². The lowest BCUT2D eigenvalue weighted by Crippen LogP contribution is -2.32. The summed E-state index contributed by atoms with van der Waals surface area (Å²) in [5, 5.41) is 11.1. The van der Waals surface area contributed by atoms with Gasteiger partial charge < -0.3 is 10.3 Å². The Hall–Kier alpha value is -1.96. The summed E-state index contributed by atoms with van der Waals surface area (Å²) in [6.07, 6.45) is 3.01. The van der Waals surface area contributed by atoms with Gasteiger partial charge in [0.2, 0.25) is 11.6 Å². The number of nitrogens with one attached hydrogen (secondary N) is 1. The Morgan fingerprint density at radius 2 is 2.11 bits per heavy atom. The van der Waals surface area contributed by atoms with E-state index in [9.17, 15) is 10.1 Å². The summed E-state index contributed by atoms with van der Waals surface area (Å²) in [5.41, 5.74) is 2.03. The molecule has 0 saturated heterocycles. The lowest BCUT2D eigenvalue weighted by Gasteiger charge is -2.26. The SMILES string of the molecule is CCC(CC)N(C)c1ncnc(NN)c1[N+](=O)[O-]. The number of nitro groups is 1. The molecular formula is C10H18N6O2. The molecule has 3 N–H and O–H groups in total. The second-order valence-corrected chi connectivity index (χ2v) is 3.88.